The van der Waals surface area contributed by atoms with Crippen LogP contribution < -0.4 is 5.32 Å². The predicted octanol–water partition coefficient (Wildman–Crippen LogP) is 1.60. The number of nitrogens with zero attached hydrogens (tertiary/aromatic N) is 1. The first-order chi connectivity index (χ1) is 8.78. The van der Waals surface area contributed by atoms with Crippen molar-refractivity contribution in [3.8, 4) is 0 Å². The molecule has 0 bridgehead atoms. The molecule has 0 aromatic heterocycles. The maximum absolute atomic E-state index is 11.5. The number of amides is 1. The van der Waals surface area contributed by atoms with Gasteiger partial charge in [0.1, 0.15) is 5.60 Å². The lowest BCUT2D eigenvalue weighted by Crippen LogP contribution is -2.42. The summed E-state index contributed by atoms with van der Waals surface area (Å²) in [6.07, 6.45) is 1.50. The maximum Gasteiger partial charge on any atom is 0.407 e. The summed E-state index contributed by atoms with van der Waals surface area (Å²) in [7, 11) is 0. The van der Waals surface area contributed by atoms with Gasteiger partial charge in [0.2, 0.25) is 0 Å². The van der Waals surface area contributed by atoms with Gasteiger partial charge in [-0.05, 0) is 59.5 Å². The average Bonchev–Trinajstić information content (AvgIpc) is 2.27. The zero-order valence-electron chi connectivity index (χ0n) is 12.6. The van der Waals surface area contributed by atoms with Crippen LogP contribution in [0.3, 0.4) is 0 Å². The van der Waals surface area contributed by atoms with E-state index in [-0.39, 0.29) is 12.2 Å². The van der Waals surface area contributed by atoms with Gasteiger partial charge in [-0.2, -0.15) is 0 Å². The third kappa shape index (κ3) is 6.78. The van der Waals surface area contributed by atoms with E-state index in [9.17, 15) is 9.90 Å². The molecule has 112 valence electrons. The van der Waals surface area contributed by atoms with Crippen LogP contribution in [-0.4, -0.2) is 54.0 Å². The lowest BCUT2D eigenvalue weighted by atomic mass is 9.92. The van der Waals surface area contributed by atoms with E-state index in [2.05, 4.69) is 10.2 Å². The fourth-order valence-corrected chi connectivity index (χ4v) is 2.29. The van der Waals surface area contributed by atoms with E-state index in [1.807, 2.05) is 27.7 Å². The minimum absolute atomic E-state index is 0.206. The molecular formula is C14H28N2O3. The molecule has 0 radical (unpaired) electrons. The van der Waals surface area contributed by atoms with Crippen LogP contribution in [-0.2, 0) is 4.74 Å². The highest BCUT2D eigenvalue weighted by Gasteiger charge is 2.22. The quantitative estimate of drug-likeness (QED) is 0.816. The largest absolute Gasteiger partial charge is 0.444 e. The summed E-state index contributed by atoms with van der Waals surface area (Å²) in [6, 6.07) is 0. The number of aliphatic hydroxyl groups is 1. The molecule has 1 aliphatic rings. The van der Waals surface area contributed by atoms with Crippen molar-refractivity contribution in [2.75, 3.05) is 26.2 Å². The Hall–Kier alpha value is -0.810. The third-order valence-corrected chi connectivity index (χ3v) is 3.41. The van der Waals surface area contributed by atoms with Crippen LogP contribution in [0.1, 0.15) is 40.5 Å². The highest BCUT2D eigenvalue weighted by Crippen LogP contribution is 2.19. The zero-order chi connectivity index (χ0) is 14.5. The second kappa shape index (κ2) is 7.10. The van der Waals surface area contributed by atoms with Crippen LogP contribution in [0.5, 0.6) is 0 Å². The van der Waals surface area contributed by atoms with Gasteiger partial charge in [0, 0.05) is 13.1 Å². The van der Waals surface area contributed by atoms with Crippen LogP contribution >= 0.6 is 0 Å². The fraction of sp³-hybridized carbons (Fsp3) is 0.929. The number of aliphatic hydroxyl groups excluding tert-OH is 1. The van der Waals surface area contributed by atoms with Crippen molar-refractivity contribution in [3.63, 3.8) is 0 Å². The van der Waals surface area contributed by atoms with E-state index in [4.69, 9.17) is 4.74 Å². The molecule has 1 fully saturated rings. The molecule has 0 aromatic rings. The second-order valence-corrected chi connectivity index (χ2v) is 6.35. The number of likely N-dealkylation sites (tertiary alicyclic amines) is 1. The fourth-order valence-electron chi connectivity index (χ4n) is 2.29. The van der Waals surface area contributed by atoms with Gasteiger partial charge in [0.05, 0.1) is 6.10 Å². The van der Waals surface area contributed by atoms with Crippen LogP contribution in [0.4, 0.5) is 4.79 Å². The van der Waals surface area contributed by atoms with Crippen molar-refractivity contribution in [2.24, 2.45) is 5.92 Å². The van der Waals surface area contributed by atoms with Crippen molar-refractivity contribution in [1.82, 2.24) is 10.2 Å². The Bertz CT molecular complexity index is 279. The Labute approximate surface area is 116 Å². The summed E-state index contributed by atoms with van der Waals surface area (Å²) in [5.74, 6) is 0.426. The van der Waals surface area contributed by atoms with Crippen molar-refractivity contribution >= 4 is 6.09 Å². The molecule has 5 heteroatoms. The van der Waals surface area contributed by atoms with Crippen molar-refractivity contribution in [2.45, 2.75) is 52.2 Å². The molecule has 1 rings (SSSR count). The predicted molar refractivity (Wildman–Crippen MR) is 75.1 cm³/mol. The molecule has 1 heterocycles. The first-order valence-electron chi connectivity index (χ1n) is 7.15. The summed E-state index contributed by atoms with van der Waals surface area (Å²) >= 11 is 0. The second-order valence-electron chi connectivity index (χ2n) is 6.35. The molecule has 1 unspecified atom stereocenters. The van der Waals surface area contributed by atoms with Crippen LogP contribution in [0, 0.1) is 5.92 Å². The van der Waals surface area contributed by atoms with E-state index in [0.717, 1.165) is 32.5 Å². The molecule has 1 aliphatic heterocycles. The maximum atomic E-state index is 11.5. The third-order valence-electron chi connectivity index (χ3n) is 3.41. The summed E-state index contributed by atoms with van der Waals surface area (Å²) < 4.78 is 5.17. The first-order valence-corrected chi connectivity index (χ1v) is 7.15. The van der Waals surface area contributed by atoms with Crippen LogP contribution in [0.2, 0.25) is 0 Å². The molecule has 1 amide bonds. The topological polar surface area (TPSA) is 61.8 Å². The number of hydrogen-bond acceptors (Lipinski definition) is 4. The lowest BCUT2D eigenvalue weighted by Gasteiger charge is -2.33. The normalized spacial score (nSPS) is 20.1. The van der Waals surface area contributed by atoms with Gasteiger partial charge >= 0.3 is 6.09 Å². The minimum Gasteiger partial charge on any atom is -0.444 e. The number of carbonyl (C=O) groups is 1. The Morgan fingerprint density at radius 2 is 2.00 bits per heavy atom. The van der Waals surface area contributed by atoms with Crippen molar-refractivity contribution in [3.05, 3.63) is 0 Å². The number of piperidine rings is 1. The number of ether oxygens (including phenoxy) is 1. The van der Waals surface area contributed by atoms with Gasteiger partial charge in [-0.15, -0.1) is 0 Å². The summed E-state index contributed by atoms with van der Waals surface area (Å²) in [5, 5.41) is 12.3. The van der Waals surface area contributed by atoms with Gasteiger partial charge in [-0.25, -0.2) is 4.79 Å². The highest BCUT2D eigenvalue weighted by atomic mass is 16.6. The Kier molecular flexibility index (Phi) is 6.07. The standard InChI is InChI=1S/C14H28N2O3/c1-11(17)12-5-8-16(9-6-12)10-7-15-13(18)19-14(2,3)4/h11-12,17H,5-10H2,1-4H3,(H,15,18). The molecule has 2 N–H and O–H groups in total. The van der Waals surface area contributed by atoms with Crippen LogP contribution in [0.25, 0.3) is 0 Å². The Balaban J connectivity index is 2.13. The number of rotatable bonds is 4. The highest BCUT2D eigenvalue weighted by molar-refractivity contribution is 5.67. The van der Waals surface area contributed by atoms with E-state index in [1.165, 1.54) is 0 Å². The van der Waals surface area contributed by atoms with Crippen molar-refractivity contribution in [1.29, 1.82) is 0 Å². The number of alkyl carbamates (subject to hydrolysis) is 1. The molecule has 0 aromatic carbocycles. The van der Waals surface area contributed by atoms with E-state index < -0.39 is 5.60 Å². The number of carbonyl (C=O) groups excluding carboxylic acids is 1. The SMILES string of the molecule is CC(O)C1CCN(CCNC(=O)OC(C)(C)C)CC1. The summed E-state index contributed by atoms with van der Waals surface area (Å²) in [5.41, 5.74) is -0.445. The molecule has 19 heavy (non-hydrogen) atoms. The summed E-state index contributed by atoms with van der Waals surface area (Å²) in [4.78, 5) is 13.8. The van der Waals surface area contributed by atoms with Crippen molar-refractivity contribution < 1.29 is 14.6 Å². The molecule has 5 nitrogen and oxygen atoms in total. The number of hydrogen-bond donors (Lipinski definition) is 2. The van der Waals surface area contributed by atoms with Gasteiger partial charge in [-0.1, -0.05) is 0 Å². The zero-order valence-corrected chi connectivity index (χ0v) is 12.6. The smallest absolute Gasteiger partial charge is 0.407 e. The van der Waals surface area contributed by atoms with Gasteiger partial charge < -0.3 is 20.1 Å². The number of nitrogens with one attached hydrogen (secondary N) is 1. The molecule has 0 saturated carbocycles. The Morgan fingerprint density at radius 1 is 1.42 bits per heavy atom. The average molecular weight is 272 g/mol. The minimum atomic E-state index is -0.445. The molecule has 0 spiro atoms. The van der Waals surface area contributed by atoms with Crippen LogP contribution in [0.15, 0.2) is 0 Å². The van der Waals surface area contributed by atoms with Gasteiger partial charge in [-0.3, -0.25) is 0 Å². The summed E-state index contributed by atoms with van der Waals surface area (Å²) in [6.45, 7) is 10.9. The van der Waals surface area contributed by atoms with E-state index >= 15 is 0 Å². The Morgan fingerprint density at radius 3 is 2.47 bits per heavy atom. The van der Waals surface area contributed by atoms with E-state index in [1.54, 1.807) is 0 Å². The van der Waals surface area contributed by atoms with E-state index in [0.29, 0.717) is 12.5 Å². The monoisotopic (exact) mass is 272 g/mol. The molecular weight excluding hydrogens is 244 g/mol. The first kappa shape index (κ1) is 16.2. The van der Waals surface area contributed by atoms with Gasteiger partial charge in [0.25, 0.3) is 0 Å². The molecule has 1 saturated heterocycles. The molecule has 0 aliphatic carbocycles. The lowest BCUT2D eigenvalue weighted by molar-refractivity contribution is 0.0507. The van der Waals surface area contributed by atoms with Gasteiger partial charge in [0.15, 0.2) is 0 Å². The molecule has 1 atom stereocenters.